The molecule has 0 aromatic heterocycles. The van der Waals surface area contributed by atoms with Crippen LogP contribution in [0.15, 0.2) is 5.11 Å². The topological polar surface area (TPSA) is 89.3 Å². The lowest BCUT2D eigenvalue weighted by molar-refractivity contribution is 0.0560. The molecule has 0 aliphatic carbocycles. The largest absolute Gasteiger partial charge is 0.465 e. The minimum Gasteiger partial charge on any atom is -0.465 e. The Morgan fingerprint density at radius 3 is 3.06 bits per heavy atom. The van der Waals surface area contributed by atoms with Gasteiger partial charge >= 0.3 is 6.09 Å². The zero-order valence-electron chi connectivity index (χ0n) is 8.92. The summed E-state index contributed by atoms with van der Waals surface area (Å²) in [6.07, 6.45) is -0.270. The second-order valence-corrected chi connectivity index (χ2v) is 3.80. The van der Waals surface area contributed by atoms with Gasteiger partial charge in [0.15, 0.2) is 0 Å². The molecule has 1 N–H and O–H groups in total. The van der Waals surface area contributed by atoms with Gasteiger partial charge in [-0.15, -0.1) is 0 Å². The van der Waals surface area contributed by atoms with Crippen LogP contribution in [0, 0.1) is 0 Å². The number of halogens is 1. The number of azide groups is 1. The Morgan fingerprint density at radius 1 is 1.69 bits per heavy atom. The second kappa shape index (κ2) is 6.17. The van der Waals surface area contributed by atoms with E-state index in [2.05, 4.69) is 10.0 Å². The molecule has 7 heteroatoms. The van der Waals surface area contributed by atoms with Crippen molar-refractivity contribution in [1.29, 1.82) is 0 Å². The predicted molar refractivity (Wildman–Crippen MR) is 55.9 cm³/mol. The average molecular weight is 230 g/mol. The number of rotatable bonds is 4. The normalized spacial score (nSPS) is 24.9. The van der Waals surface area contributed by atoms with Crippen LogP contribution in [0.5, 0.6) is 0 Å². The fraction of sp³-hybridized carbons (Fsp3) is 0.889. The molecule has 0 radical (unpaired) electrons. The van der Waals surface area contributed by atoms with Crippen molar-refractivity contribution in [3.05, 3.63) is 10.4 Å². The Bertz CT molecular complexity index is 293. The maximum absolute atomic E-state index is 13.6. The van der Waals surface area contributed by atoms with E-state index < -0.39 is 18.3 Å². The van der Waals surface area contributed by atoms with Crippen molar-refractivity contribution in [2.45, 2.75) is 37.9 Å². The summed E-state index contributed by atoms with van der Waals surface area (Å²) in [7, 11) is 0. The molecular formula is C9H15FN4O2. The van der Waals surface area contributed by atoms with Crippen molar-refractivity contribution in [2.24, 2.45) is 5.11 Å². The maximum Gasteiger partial charge on any atom is 0.407 e. The highest BCUT2D eigenvalue weighted by Crippen LogP contribution is 2.24. The Balaban J connectivity index is 2.49. The minimum absolute atomic E-state index is 0.285. The van der Waals surface area contributed by atoms with Crippen LogP contribution in [0.1, 0.15) is 25.7 Å². The zero-order valence-corrected chi connectivity index (χ0v) is 8.92. The van der Waals surface area contributed by atoms with Crippen molar-refractivity contribution in [3.63, 3.8) is 0 Å². The highest BCUT2D eigenvalue weighted by atomic mass is 19.1. The second-order valence-electron chi connectivity index (χ2n) is 3.80. The minimum atomic E-state index is -1.10. The van der Waals surface area contributed by atoms with E-state index in [0.29, 0.717) is 32.2 Å². The molecule has 2 atom stereocenters. The first-order valence-electron chi connectivity index (χ1n) is 5.31. The molecule has 1 aliphatic heterocycles. The summed E-state index contributed by atoms with van der Waals surface area (Å²) in [6.45, 7) is 0.676. The first kappa shape index (κ1) is 12.6. The van der Waals surface area contributed by atoms with Crippen molar-refractivity contribution in [2.75, 3.05) is 13.1 Å². The summed E-state index contributed by atoms with van der Waals surface area (Å²) in [4.78, 5) is 14.6. The van der Waals surface area contributed by atoms with Gasteiger partial charge in [0.1, 0.15) is 6.17 Å². The monoisotopic (exact) mass is 230 g/mol. The van der Waals surface area contributed by atoms with Crippen LogP contribution in [0.2, 0.25) is 0 Å². The van der Waals surface area contributed by atoms with E-state index in [9.17, 15) is 9.18 Å². The van der Waals surface area contributed by atoms with E-state index >= 15 is 0 Å². The Labute approximate surface area is 92.7 Å². The number of piperidine rings is 1. The van der Waals surface area contributed by atoms with Crippen LogP contribution in [-0.4, -0.2) is 41.4 Å². The van der Waals surface area contributed by atoms with Gasteiger partial charge in [0.05, 0.1) is 6.04 Å². The first-order chi connectivity index (χ1) is 7.66. The number of hydrogen-bond donors (Lipinski definition) is 1. The van der Waals surface area contributed by atoms with Gasteiger partial charge in [-0.2, -0.15) is 0 Å². The molecule has 0 aromatic rings. The van der Waals surface area contributed by atoms with E-state index in [-0.39, 0.29) is 6.54 Å². The molecule has 6 nitrogen and oxygen atoms in total. The van der Waals surface area contributed by atoms with Gasteiger partial charge in [0.25, 0.3) is 0 Å². The van der Waals surface area contributed by atoms with Crippen molar-refractivity contribution in [3.8, 4) is 0 Å². The number of hydrogen-bond acceptors (Lipinski definition) is 2. The Kier molecular flexibility index (Phi) is 4.85. The number of alkyl halides is 1. The molecule has 0 spiro atoms. The molecule has 2 unspecified atom stereocenters. The first-order valence-corrected chi connectivity index (χ1v) is 5.31. The SMILES string of the molecule is [N-]=[N+]=NCCCC1C(F)CCCN1C(=O)O. The zero-order chi connectivity index (χ0) is 12.0. The predicted octanol–water partition coefficient (Wildman–Crippen LogP) is 2.56. The average Bonchev–Trinajstić information content (AvgIpc) is 2.25. The molecule has 1 aliphatic rings. The van der Waals surface area contributed by atoms with Crippen LogP contribution in [0.3, 0.4) is 0 Å². The maximum atomic E-state index is 13.6. The van der Waals surface area contributed by atoms with E-state index in [1.54, 1.807) is 0 Å². The lowest BCUT2D eigenvalue weighted by Gasteiger charge is -2.36. The number of nitrogens with zero attached hydrogens (tertiary/aromatic N) is 4. The van der Waals surface area contributed by atoms with Gasteiger partial charge in [-0.05, 0) is 31.2 Å². The molecule has 90 valence electrons. The van der Waals surface area contributed by atoms with Gasteiger partial charge in [-0.25, -0.2) is 9.18 Å². The smallest absolute Gasteiger partial charge is 0.407 e. The van der Waals surface area contributed by atoms with Gasteiger partial charge in [-0.1, -0.05) is 5.11 Å². The highest BCUT2D eigenvalue weighted by molar-refractivity contribution is 5.65. The molecule has 1 heterocycles. The van der Waals surface area contributed by atoms with Crippen molar-refractivity contribution < 1.29 is 14.3 Å². The van der Waals surface area contributed by atoms with Gasteiger partial charge in [0, 0.05) is 18.0 Å². The summed E-state index contributed by atoms with van der Waals surface area (Å²) >= 11 is 0. The molecule has 0 aromatic carbocycles. The van der Waals surface area contributed by atoms with Crippen LogP contribution in [-0.2, 0) is 0 Å². The number of carbonyl (C=O) groups is 1. The molecule has 1 saturated heterocycles. The van der Waals surface area contributed by atoms with Crippen molar-refractivity contribution >= 4 is 6.09 Å². The standard InChI is InChI=1S/C9H15FN4O2/c10-7-3-2-6-14(9(15)16)8(7)4-1-5-12-13-11/h7-8H,1-6H2,(H,15,16). The Hall–Kier alpha value is -1.49. The molecule has 0 saturated carbocycles. The number of carboxylic acid groups (broad SMARTS) is 1. The summed E-state index contributed by atoms with van der Waals surface area (Å²) in [5.41, 5.74) is 8.08. The van der Waals surface area contributed by atoms with Gasteiger partial charge < -0.3 is 10.0 Å². The van der Waals surface area contributed by atoms with E-state index in [4.69, 9.17) is 10.6 Å². The van der Waals surface area contributed by atoms with Crippen molar-refractivity contribution in [1.82, 2.24) is 4.90 Å². The fourth-order valence-corrected chi connectivity index (χ4v) is 2.00. The van der Waals surface area contributed by atoms with Crippen LogP contribution < -0.4 is 0 Å². The lowest BCUT2D eigenvalue weighted by atomic mass is 9.96. The Morgan fingerprint density at radius 2 is 2.44 bits per heavy atom. The quantitative estimate of drug-likeness (QED) is 0.348. The number of likely N-dealkylation sites (tertiary alicyclic amines) is 1. The molecule has 0 bridgehead atoms. The third kappa shape index (κ3) is 3.27. The fourth-order valence-electron chi connectivity index (χ4n) is 2.00. The van der Waals surface area contributed by atoms with Crippen LogP contribution >= 0.6 is 0 Å². The van der Waals surface area contributed by atoms with Gasteiger partial charge in [-0.3, -0.25) is 0 Å². The van der Waals surface area contributed by atoms with E-state index in [1.165, 1.54) is 0 Å². The number of amides is 1. The molecule has 16 heavy (non-hydrogen) atoms. The van der Waals surface area contributed by atoms with Crippen LogP contribution in [0.25, 0.3) is 10.4 Å². The third-order valence-corrected chi connectivity index (χ3v) is 2.76. The molecule has 1 amide bonds. The lowest BCUT2D eigenvalue weighted by Crippen LogP contribution is -2.49. The molecular weight excluding hydrogens is 215 g/mol. The summed E-state index contributed by atoms with van der Waals surface area (Å²) < 4.78 is 13.6. The molecule has 1 rings (SSSR count). The summed E-state index contributed by atoms with van der Waals surface area (Å²) in [5, 5.41) is 12.2. The highest BCUT2D eigenvalue weighted by Gasteiger charge is 2.33. The summed E-state index contributed by atoms with van der Waals surface area (Å²) in [6, 6.07) is -0.583. The summed E-state index contributed by atoms with van der Waals surface area (Å²) in [5.74, 6) is 0. The van der Waals surface area contributed by atoms with Gasteiger partial charge in [0.2, 0.25) is 0 Å². The third-order valence-electron chi connectivity index (χ3n) is 2.76. The van der Waals surface area contributed by atoms with Crippen LogP contribution in [0.4, 0.5) is 9.18 Å². The molecule has 1 fully saturated rings. The van der Waals surface area contributed by atoms with E-state index in [0.717, 1.165) is 4.90 Å². The van der Waals surface area contributed by atoms with E-state index in [1.807, 2.05) is 0 Å².